The van der Waals surface area contributed by atoms with Gasteiger partial charge in [0.1, 0.15) is 5.82 Å². The van der Waals surface area contributed by atoms with Crippen LogP contribution in [0, 0.1) is 6.07 Å². The molecule has 0 spiro atoms. The van der Waals surface area contributed by atoms with E-state index in [4.69, 9.17) is 4.98 Å². The molecule has 4 aromatic heterocycles. The molecule has 3 aromatic carbocycles. The number of para-hydroxylation sites is 3. The Balaban J connectivity index is 0.00000175. The van der Waals surface area contributed by atoms with Crippen molar-refractivity contribution < 1.29 is 20.1 Å². The van der Waals surface area contributed by atoms with Gasteiger partial charge in [-0.2, -0.15) is 6.07 Å². The molecular weight excluding hydrogens is 567 g/mol. The van der Waals surface area contributed by atoms with Crippen molar-refractivity contribution in [1.82, 2.24) is 14.0 Å². The number of fused-ring (bicyclic) bond motifs is 9. The second kappa shape index (κ2) is 6.51. The molecule has 0 N–H and O–H groups in total. The summed E-state index contributed by atoms with van der Waals surface area (Å²) >= 11 is 1.73. The van der Waals surface area contributed by atoms with Crippen molar-refractivity contribution in [2.75, 3.05) is 0 Å². The van der Waals surface area contributed by atoms with Gasteiger partial charge in [0, 0.05) is 42.0 Å². The van der Waals surface area contributed by atoms with E-state index >= 15 is 0 Å². The van der Waals surface area contributed by atoms with Gasteiger partial charge < -0.3 is 4.40 Å². The Morgan fingerprint density at radius 3 is 2.03 bits per heavy atom. The monoisotopic (exact) mass is 581 g/mol. The van der Waals surface area contributed by atoms with Crippen LogP contribution in [0.5, 0.6) is 0 Å². The summed E-state index contributed by atoms with van der Waals surface area (Å²) in [6.45, 7) is 0. The Kier molecular flexibility index (Phi) is 3.87. The molecule has 7 rings (SSSR count). The number of thiophene rings is 1. The molecule has 0 aliphatic rings. The summed E-state index contributed by atoms with van der Waals surface area (Å²) in [4.78, 5) is 4.86. The van der Waals surface area contributed by atoms with Crippen LogP contribution in [-0.4, -0.2) is 14.0 Å². The quantitative estimate of drug-likeness (QED) is 0.201. The Hall–Kier alpha value is -2.98. The average Bonchev–Trinajstić information content (AvgIpc) is 3.49. The molecule has 30 heavy (non-hydrogen) atoms. The predicted octanol–water partition coefficient (Wildman–Crippen LogP) is 6.60. The van der Waals surface area contributed by atoms with Gasteiger partial charge in [-0.1, -0.05) is 64.7 Å². The number of rotatable bonds is 1. The third-order valence-electron chi connectivity index (χ3n) is 5.77. The van der Waals surface area contributed by atoms with E-state index in [0.717, 1.165) is 16.9 Å². The summed E-state index contributed by atoms with van der Waals surface area (Å²) in [7, 11) is 0. The average molecular weight is 581 g/mol. The summed E-state index contributed by atoms with van der Waals surface area (Å²) in [5.74, 6) is 1.05. The Labute approximate surface area is 189 Å². The summed E-state index contributed by atoms with van der Waals surface area (Å²) in [6.07, 6.45) is 1.99. The minimum atomic E-state index is 0. The Morgan fingerprint density at radius 2 is 1.33 bits per heavy atom. The molecule has 0 atom stereocenters. The van der Waals surface area contributed by atoms with Crippen molar-refractivity contribution in [3.05, 3.63) is 90.4 Å². The van der Waals surface area contributed by atoms with E-state index in [2.05, 4.69) is 87.8 Å². The predicted molar refractivity (Wildman–Crippen MR) is 121 cm³/mol. The fourth-order valence-electron chi connectivity index (χ4n) is 4.58. The van der Waals surface area contributed by atoms with Crippen LogP contribution >= 0.6 is 11.3 Å². The van der Waals surface area contributed by atoms with Crippen LogP contribution in [0.15, 0.2) is 84.4 Å². The van der Waals surface area contributed by atoms with Crippen LogP contribution in [0.4, 0.5) is 0 Å². The molecule has 5 heteroatoms. The van der Waals surface area contributed by atoms with Crippen molar-refractivity contribution >= 4 is 59.8 Å². The molecule has 145 valence electrons. The number of pyridine rings is 1. The minimum absolute atomic E-state index is 0. The first-order chi connectivity index (χ1) is 14.4. The van der Waals surface area contributed by atoms with E-state index in [1.165, 1.54) is 37.4 Å². The van der Waals surface area contributed by atoms with Crippen LogP contribution in [-0.2, 0) is 20.1 Å². The van der Waals surface area contributed by atoms with Crippen LogP contribution in [0.25, 0.3) is 54.3 Å². The Bertz CT molecular complexity index is 1670. The third-order valence-corrected chi connectivity index (χ3v) is 6.67. The van der Waals surface area contributed by atoms with Crippen LogP contribution < -0.4 is 0 Å². The van der Waals surface area contributed by atoms with Gasteiger partial charge in [0.15, 0.2) is 0 Å². The van der Waals surface area contributed by atoms with E-state index < -0.39 is 0 Å². The molecule has 0 saturated carbocycles. The topological polar surface area (TPSA) is 22.2 Å². The summed E-state index contributed by atoms with van der Waals surface area (Å²) in [6, 6.07) is 29.2. The zero-order valence-corrected chi connectivity index (χ0v) is 18.9. The van der Waals surface area contributed by atoms with Gasteiger partial charge in [-0.25, -0.2) is 11.3 Å². The molecule has 0 aliphatic heterocycles. The maximum Gasteiger partial charge on any atom is 0.130 e. The first kappa shape index (κ1) is 17.8. The zero-order valence-electron chi connectivity index (χ0n) is 15.7. The number of nitrogens with zero attached hydrogens (tertiary/aromatic N) is 3. The molecule has 7 aromatic rings. The van der Waals surface area contributed by atoms with Gasteiger partial charge in [0.25, 0.3) is 0 Å². The van der Waals surface area contributed by atoms with Crippen LogP contribution in [0.3, 0.4) is 0 Å². The molecule has 1 radical (unpaired) electrons. The molecular formula is C25H14IrN3S-. The molecule has 0 amide bonds. The van der Waals surface area contributed by atoms with Crippen molar-refractivity contribution in [3.8, 4) is 5.82 Å². The van der Waals surface area contributed by atoms with Gasteiger partial charge in [-0.15, -0.1) is 5.39 Å². The van der Waals surface area contributed by atoms with Crippen molar-refractivity contribution in [2.24, 2.45) is 0 Å². The first-order valence-corrected chi connectivity index (χ1v) is 10.5. The molecule has 0 unspecified atom stereocenters. The van der Waals surface area contributed by atoms with E-state index in [9.17, 15) is 0 Å². The summed E-state index contributed by atoms with van der Waals surface area (Å²) < 4.78 is 5.85. The normalized spacial score (nSPS) is 11.7. The van der Waals surface area contributed by atoms with Crippen LogP contribution in [0.2, 0.25) is 0 Å². The maximum atomic E-state index is 4.86. The standard InChI is InChI=1S/C25H14N3S.Ir/c1-4-10-20-16(7-1)17-8-2-5-11-21(17)27(20)23-15-26-25-19-13-14-29-24(19)18-9-3-6-12-22(18)28(23)25;/h1-12,14-15H;/q-1;. The van der Waals surface area contributed by atoms with Crippen molar-refractivity contribution in [2.45, 2.75) is 0 Å². The molecule has 0 fully saturated rings. The molecule has 4 heterocycles. The van der Waals surface area contributed by atoms with E-state index in [1.807, 2.05) is 11.6 Å². The second-order valence-corrected chi connectivity index (χ2v) is 8.13. The van der Waals surface area contributed by atoms with Crippen LogP contribution in [0.1, 0.15) is 0 Å². The number of hydrogen-bond acceptors (Lipinski definition) is 2. The van der Waals surface area contributed by atoms with E-state index in [0.29, 0.717) is 0 Å². The molecule has 0 aliphatic carbocycles. The Morgan fingerprint density at radius 1 is 0.733 bits per heavy atom. The van der Waals surface area contributed by atoms with Gasteiger partial charge in [0.05, 0.1) is 17.2 Å². The first-order valence-electron chi connectivity index (χ1n) is 9.57. The molecule has 3 nitrogen and oxygen atoms in total. The number of imidazole rings is 1. The summed E-state index contributed by atoms with van der Waals surface area (Å²) in [5.41, 5.74) is 4.50. The smallest absolute Gasteiger partial charge is 0.130 e. The number of hydrogen-bond donors (Lipinski definition) is 0. The fourth-order valence-corrected chi connectivity index (χ4v) is 5.44. The van der Waals surface area contributed by atoms with E-state index in [1.54, 1.807) is 11.3 Å². The SMILES string of the molecule is [Ir].[c-]1csc2c1c1ncc(-n3c4ccccc4c4ccccc43)n1c1ccccc21. The maximum absolute atomic E-state index is 4.86. The van der Waals surface area contributed by atoms with Gasteiger partial charge in [-0.05, 0) is 23.6 Å². The third kappa shape index (κ3) is 2.20. The fraction of sp³-hybridized carbons (Fsp3) is 0. The molecule has 0 bridgehead atoms. The van der Waals surface area contributed by atoms with Gasteiger partial charge in [-0.3, -0.25) is 9.55 Å². The largest absolute Gasteiger partial charge is 0.333 e. The molecule has 0 saturated heterocycles. The van der Waals surface area contributed by atoms with Gasteiger partial charge >= 0.3 is 0 Å². The number of aromatic nitrogens is 3. The summed E-state index contributed by atoms with van der Waals surface area (Å²) in [5, 5.41) is 6.87. The minimum Gasteiger partial charge on any atom is -0.333 e. The second-order valence-electron chi connectivity index (χ2n) is 7.25. The van der Waals surface area contributed by atoms with E-state index in [-0.39, 0.29) is 20.1 Å². The number of benzene rings is 3. The van der Waals surface area contributed by atoms with Gasteiger partial charge in [0.2, 0.25) is 0 Å². The van der Waals surface area contributed by atoms with Crippen molar-refractivity contribution in [1.29, 1.82) is 0 Å². The zero-order chi connectivity index (χ0) is 18.9. The van der Waals surface area contributed by atoms with Crippen molar-refractivity contribution in [3.63, 3.8) is 0 Å².